The lowest BCUT2D eigenvalue weighted by atomic mass is 9.77. The minimum Gasteiger partial charge on any atom is -0.462 e. The van der Waals surface area contributed by atoms with Gasteiger partial charge in [-0.1, -0.05) is 12.8 Å². The molecule has 3 fully saturated rings. The summed E-state index contributed by atoms with van der Waals surface area (Å²) in [6.07, 6.45) is 10.9. The number of hydrogen-bond donors (Lipinski definition) is 1. The Morgan fingerprint density at radius 3 is 2.80 bits per heavy atom. The first-order valence-electron chi connectivity index (χ1n) is 12.2. The molecule has 0 radical (unpaired) electrons. The predicted octanol–water partition coefficient (Wildman–Crippen LogP) is 2.83. The summed E-state index contributed by atoms with van der Waals surface area (Å²) in [5.74, 6) is 1.77. The maximum Gasteiger partial charge on any atom is 0.331 e. The largest absolute Gasteiger partial charge is 0.462 e. The number of hydrogen-bond acceptors (Lipinski definition) is 8. The Morgan fingerprint density at radius 2 is 2.14 bits per heavy atom. The molecule has 0 amide bonds. The molecule has 1 aromatic heterocycles. The number of aromatic nitrogens is 2. The van der Waals surface area contributed by atoms with Gasteiger partial charge in [-0.3, -0.25) is 23.7 Å². The average Bonchev–Trinajstić information content (AvgIpc) is 3.43. The molecule has 2 saturated heterocycles. The van der Waals surface area contributed by atoms with E-state index in [0.717, 1.165) is 25.7 Å². The third-order valence-corrected chi connectivity index (χ3v) is 9.43. The molecule has 3 heterocycles. The van der Waals surface area contributed by atoms with Crippen LogP contribution < -0.4 is 11.2 Å². The van der Waals surface area contributed by atoms with Crippen molar-refractivity contribution in [3.05, 3.63) is 33.1 Å². The first-order chi connectivity index (χ1) is 16.7. The summed E-state index contributed by atoms with van der Waals surface area (Å²) in [6.45, 7) is 3.76. The predicted molar refractivity (Wildman–Crippen MR) is 127 cm³/mol. The van der Waals surface area contributed by atoms with E-state index < -0.39 is 42.5 Å². The molecule has 0 spiro atoms. The first-order valence-corrected chi connectivity index (χ1v) is 13.9. The van der Waals surface area contributed by atoms with Crippen molar-refractivity contribution >= 4 is 13.6 Å². The molecule has 1 N–H and O–H groups in total. The van der Waals surface area contributed by atoms with Gasteiger partial charge in [0.05, 0.1) is 36.8 Å². The second-order valence-corrected chi connectivity index (χ2v) is 11.8. The van der Waals surface area contributed by atoms with Crippen LogP contribution in [0.1, 0.15) is 58.6 Å². The van der Waals surface area contributed by atoms with Gasteiger partial charge in [-0.25, -0.2) is 4.79 Å². The molecule has 6 atom stereocenters. The number of esters is 1. The van der Waals surface area contributed by atoms with E-state index in [1.807, 2.05) is 6.92 Å². The maximum absolute atomic E-state index is 13.5. The van der Waals surface area contributed by atoms with Crippen molar-refractivity contribution in [2.45, 2.75) is 70.8 Å². The van der Waals surface area contributed by atoms with Crippen molar-refractivity contribution in [2.24, 2.45) is 17.3 Å². The van der Waals surface area contributed by atoms with Gasteiger partial charge in [0.1, 0.15) is 6.10 Å². The van der Waals surface area contributed by atoms with Crippen LogP contribution in [0.4, 0.5) is 0 Å². The Balaban J connectivity index is 1.40. The molecule has 3 aliphatic rings. The molecule has 1 aliphatic carbocycles. The van der Waals surface area contributed by atoms with E-state index in [9.17, 15) is 18.9 Å². The van der Waals surface area contributed by atoms with Crippen LogP contribution in [0.25, 0.3) is 0 Å². The highest BCUT2D eigenvalue weighted by Gasteiger charge is 2.58. The van der Waals surface area contributed by atoms with Crippen LogP contribution in [0, 0.1) is 29.6 Å². The van der Waals surface area contributed by atoms with Gasteiger partial charge in [-0.2, -0.15) is 0 Å². The molecule has 192 valence electrons. The van der Waals surface area contributed by atoms with E-state index in [1.54, 1.807) is 6.92 Å². The van der Waals surface area contributed by atoms with E-state index in [1.165, 1.54) is 16.8 Å². The number of fused-ring (bicyclic) bond motifs is 1. The molecular formula is C24H33N2O8P. The van der Waals surface area contributed by atoms with Crippen molar-refractivity contribution in [2.75, 3.05) is 19.4 Å². The monoisotopic (exact) mass is 508 g/mol. The van der Waals surface area contributed by atoms with E-state index in [2.05, 4.69) is 10.9 Å². The van der Waals surface area contributed by atoms with Crippen LogP contribution in [0.2, 0.25) is 0 Å². The van der Waals surface area contributed by atoms with Crippen LogP contribution in [0.5, 0.6) is 0 Å². The summed E-state index contributed by atoms with van der Waals surface area (Å²) in [5, 5.41) is 0. The maximum atomic E-state index is 13.5. The zero-order valence-electron chi connectivity index (χ0n) is 20.1. The molecule has 4 rings (SSSR count). The topological polar surface area (TPSA) is 126 Å². The summed E-state index contributed by atoms with van der Waals surface area (Å²) < 4.78 is 37.7. The van der Waals surface area contributed by atoms with Crippen LogP contribution in [0.3, 0.4) is 0 Å². The molecular weight excluding hydrogens is 475 g/mol. The fraction of sp³-hybridized carbons (Fsp3) is 0.708. The summed E-state index contributed by atoms with van der Waals surface area (Å²) >= 11 is 0. The molecule has 2 unspecified atom stereocenters. The van der Waals surface area contributed by atoms with Crippen LogP contribution >= 0.6 is 7.60 Å². The summed E-state index contributed by atoms with van der Waals surface area (Å²) in [6, 6.07) is 1.22. The molecule has 35 heavy (non-hydrogen) atoms. The van der Waals surface area contributed by atoms with Crippen molar-refractivity contribution < 1.29 is 27.9 Å². The molecule has 2 aliphatic heterocycles. The third kappa shape index (κ3) is 5.34. The quantitative estimate of drug-likeness (QED) is 0.323. The number of nitrogens with one attached hydrogen (secondary N) is 1. The van der Waals surface area contributed by atoms with Gasteiger partial charge in [-0.15, -0.1) is 6.42 Å². The van der Waals surface area contributed by atoms with Crippen molar-refractivity contribution in [3.63, 3.8) is 0 Å². The van der Waals surface area contributed by atoms with Crippen molar-refractivity contribution in [3.8, 4) is 12.3 Å². The number of terminal acetylenes is 1. The Hall–Kier alpha value is -2.18. The number of H-pyrrole nitrogens is 1. The van der Waals surface area contributed by atoms with Gasteiger partial charge < -0.3 is 18.5 Å². The summed E-state index contributed by atoms with van der Waals surface area (Å²) in [7, 11) is -3.51. The van der Waals surface area contributed by atoms with Gasteiger partial charge in [0.2, 0.25) is 0 Å². The highest BCUT2D eigenvalue weighted by molar-refractivity contribution is 7.53. The van der Waals surface area contributed by atoms with Crippen LogP contribution in [0.15, 0.2) is 21.9 Å². The lowest BCUT2D eigenvalue weighted by Gasteiger charge is -2.35. The minimum atomic E-state index is -3.51. The van der Waals surface area contributed by atoms with E-state index in [-0.39, 0.29) is 37.4 Å². The van der Waals surface area contributed by atoms with Gasteiger partial charge in [0, 0.05) is 18.2 Å². The third-order valence-electron chi connectivity index (χ3n) is 7.47. The first kappa shape index (κ1) is 25.9. The van der Waals surface area contributed by atoms with Gasteiger partial charge in [0.15, 0.2) is 6.23 Å². The lowest BCUT2D eigenvalue weighted by molar-refractivity contribution is -0.154. The molecule has 0 bridgehead atoms. The molecule has 0 aromatic carbocycles. The van der Waals surface area contributed by atoms with E-state index in [4.69, 9.17) is 24.9 Å². The zero-order valence-corrected chi connectivity index (χ0v) is 21.0. The number of aromatic amines is 1. The highest BCUT2D eigenvalue weighted by atomic mass is 31.2. The fourth-order valence-corrected chi connectivity index (χ4v) is 7.38. The lowest BCUT2D eigenvalue weighted by Crippen LogP contribution is -2.40. The highest BCUT2D eigenvalue weighted by Crippen LogP contribution is 2.61. The standard InChI is InChI=1S/C24H33N2O8P/c1-4-16(21(28)33-17-8-6-7-9-17)11-13-31-35(30)15-18-19(14-32-35)34-22(24(18,3)5-2)26-12-10-20(27)25-23(26)29/h2,10,12,16-19,22H,4,6-9,11,13-15H2,1,3H3,(H,25,27,29)/t16?,18-,19-,22-,24-,35?/m1/s1. The van der Waals surface area contributed by atoms with Crippen molar-refractivity contribution in [1.82, 2.24) is 9.55 Å². The second-order valence-electron chi connectivity index (χ2n) is 9.74. The Kier molecular flexibility index (Phi) is 7.72. The van der Waals surface area contributed by atoms with Gasteiger partial charge in [0.25, 0.3) is 5.56 Å². The van der Waals surface area contributed by atoms with Crippen LogP contribution in [-0.4, -0.2) is 47.1 Å². The summed E-state index contributed by atoms with van der Waals surface area (Å²) in [5.41, 5.74) is -2.16. The van der Waals surface area contributed by atoms with Gasteiger partial charge in [-0.05, 0) is 45.4 Å². The number of rotatable bonds is 8. The van der Waals surface area contributed by atoms with Gasteiger partial charge >= 0.3 is 19.3 Å². The smallest absolute Gasteiger partial charge is 0.331 e. The number of nitrogens with zero attached hydrogens (tertiary/aromatic N) is 1. The summed E-state index contributed by atoms with van der Waals surface area (Å²) in [4.78, 5) is 38.6. The molecule has 11 heteroatoms. The Labute approximate surface area is 204 Å². The molecule has 1 aromatic rings. The Morgan fingerprint density at radius 1 is 1.40 bits per heavy atom. The van der Waals surface area contributed by atoms with E-state index in [0.29, 0.717) is 12.8 Å². The minimum absolute atomic E-state index is 0.00105. The molecule has 1 saturated carbocycles. The molecule has 10 nitrogen and oxygen atoms in total. The van der Waals surface area contributed by atoms with Crippen LogP contribution in [-0.2, 0) is 27.9 Å². The normalized spacial score (nSPS) is 33.7. The number of carbonyl (C=O) groups is 1. The van der Waals surface area contributed by atoms with Crippen molar-refractivity contribution in [1.29, 1.82) is 0 Å². The number of ether oxygens (including phenoxy) is 2. The number of carbonyl (C=O) groups excluding carboxylic acids is 1. The average molecular weight is 509 g/mol. The second kappa shape index (κ2) is 10.4. The Bertz CT molecular complexity index is 1130. The SMILES string of the molecule is C#C[C@]1(C)[C@@H]2CP(=O)(OCCC(CC)C(=O)OC3CCCC3)OC[C@H]2O[C@H]1n1ccc(=O)[nH]c1=O. The van der Waals surface area contributed by atoms with E-state index >= 15 is 0 Å². The fourth-order valence-electron chi connectivity index (χ4n) is 5.24. The zero-order chi connectivity index (χ0) is 25.2.